The minimum atomic E-state index is -0.372. The molecule has 6 nitrogen and oxygen atoms in total. The predicted octanol–water partition coefficient (Wildman–Crippen LogP) is 3.25. The second-order valence-corrected chi connectivity index (χ2v) is 5.88. The molecule has 0 aliphatic carbocycles. The molecule has 0 bridgehead atoms. The number of carbonyl (C=O) groups is 1. The Hall–Kier alpha value is -3.15. The Kier molecular flexibility index (Phi) is 5.98. The average Bonchev–Trinajstić information content (AvgIpc) is 3.09. The molecule has 0 spiro atoms. The molecule has 0 saturated heterocycles. The Balaban J connectivity index is 1.58. The number of aryl methyl sites for hydroxylation is 1. The van der Waals surface area contributed by atoms with Crippen LogP contribution in [-0.2, 0) is 11.2 Å². The van der Waals surface area contributed by atoms with E-state index in [1.165, 1.54) is 0 Å². The van der Waals surface area contributed by atoms with Crippen molar-refractivity contribution in [1.82, 2.24) is 15.5 Å². The lowest BCUT2D eigenvalue weighted by Gasteiger charge is -2.15. The first kappa shape index (κ1) is 17.7. The summed E-state index contributed by atoms with van der Waals surface area (Å²) in [5.74, 6) is 1.50. The van der Waals surface area contributed by atoms with Gasteiger partial charge in [0.15, 0.2) is 0 Å². The van der Waals surface area contributed by atoms with Crippen LogP contribution in [0.1, 0.15) is 29.8 Å². The fraction of sp³-hybridized carbons (Fsp3) is 0.250. The number of nitrogens with zero attached hydrogens (tertiary/aromatic N) is 2. The van der Waals surface area contributed by atoms with Crippen LogP contribution in [0.5, 0.6) is 5.75 Å². The maximum atomic E-state index is 12.3. The molecule has 6 heteroatoms. The third-order valence-corrected chi connectivity index (χ3v) is 3.80. The van der Waals surface area contributed by atoms with E-state index in [1.807, 2.05) is 60.7 Å². The van der Waals surface area contributed by atoms with Crippen molar-refractivity contribution >= 4 is 5.91 Å². The first-order valence-corrected chi connectivity index (χ1v) is 8.52. The molecule has 0 radical (unpaired) electrons. The molecular formula is C20H21N3O3. The third kappa shape index (κ3) is 5.17. The zero-order chi connectivity index (χ0) is 18.2. The van der Waals surface area contributed by atoms with E-state index in [2.05, 4.69) is 15.5 Å². The summed E-state index contributed by atoms with van der Waals surface area (Å²) in [4.78, 5) is 12.3. The molecule has 2 aromatic carbocycles. The molecule has 0 aliphatic heterocycles. The van der Waals surface area contributed by atoms with Gasteiger partial charge in [0, 0.05) is 13.3 Å². The number of nitrogens with one attached hydrogen (secondary N) is 1. The zero-order valence-electron chi connectivity index (χ0n) is 14.6. The monoisotopic (exact) mass is 351 g/mol. The lowest BCUT2D eigenvalue weighted by atomic mass is 10.1. The van der Waals surface area contributed by atoms with Crippen LogP contribution < -0.4 is 10.1 Å². The number of benzene rings is 2. The number of rotatable bonds is 8. The number of amides is 1. The Morgan fingerprint density at radius 1 is 1.08 bits per heavy atom. The zero-order valence-corrected chi connectivity index (χ0v) is 14.6. The third-order valence-electron chi connectivity index (χ3n) is 3.80. The summed E-state index contributed by atoms with van der Waals surface area (Å²) >= 11 is 0. The summed E-state index contributed by atoms with van der Waals surface area (Å²) in [6, 6.07) is 18.9. The van der Waals surface area contributed by atoms with E-state index in [1.54, 1.807) is 6.92 Å². The van der Waals surface area contributed by atoms with Gasteiger partial charge in [0.25, 0.3) is 0 Å². The average molecular weight is 351 g/mol. The van der Waals surface area contributed by atoms with Crippen molar-refractivity contribution in [3.63, 3.8) is 0 Å². The van der Waals surface area contributed by atoms with Gasteiger partial charge in [-0.2, -0.15) is 0 Å². The molecule has 26 heavy (non-hydrogen) atoms. The van der Waals surface area contributed by atoms with E-state index in [0.29, 0.717) is 24.8 Å². The second kappa shape index (κ2) is 8.80. The van der Waals surface area contributed by atoms with Crippen molar-refractivity contribution in [3.05, 3.63) is 78.0 Å². The van der Waals surface area contributed by atoms with Crippen LogP contribution in [0.15, 0.2) is 65.1 Å². The fourth-order valence-corrected chi connectivity index (χ4v) is 2.55. The smallest absolute Gasteiger partial charge is 0.239 e. The number of carbonyl (C=O) groups excluding carboxylic acids is 1. The molecule has 3 aromatic rings. The highest BCUT2D eigenvalue weighted by atomic mass is 16.5. The second-order valence-electron chi connectivity index (χ2n) is 5.88. The normalized spacial score (nSPS) is 11.7. The van der Waals surface area contributed by atoms with Gasteiger partial charge in [0.1, 0.15) is 11.8 Å². The number of aromatic nitrogens is 2. The van der Waals surface area contributed by atoms with Gasteiger partial charge in [-0.15, -0.1) is 10.2 Å². The van der Waals surface area contributed by atoms with Crippen molar-refractivity contribution in [2.45, 2.75) is 25.8 Å². The van der Waals surface area contributed by atoms with Crippen LogP contribution in [0.3, 0.4) is 0 Å². The molecule has 1 unspecified atom stereocenters. The lowest BCUT2D eigenvalue weighted by Crippen LogP contribution is -2.31. The Morgan fingerprint density at radius 3 is 2.42 bits per heavy atom. The topological polar surface area (TPSA) is 77.2 Å². The van der Waals surface area contributed by atoms with E-state index >= 15 is 0 Å². The summed E-state index contributed by atoms with van der Waals surface area (Å²) in [5.41, 5.74) is 1.08. The lowest BCUT2D eigenvalue weighted by molar-refractivity contribution is -0.122. The first-order chi connectivity index (χ1) is 12.7. The van der Waals surface area contributed by atoms with E-state index in [4.69, 9.17) is 9.15 Å². The van der Waals surface area contributed by atoms with Gasteiger partial charge < -0.3 is 14.5 Å². The largest absolute Gasteiger partial charge is 0.493 e. The Bertz CT molecular complexity index is 819. The molecule has 0 fully saturated rings. The molecule has 3 rings (SSSR count). The van der Waals surface area contributed by atoms with Gasteiger partial charge in [0.2, 0.25) is 17.7 Å². The molecule has 0 aliphatic rings. The quantitative estimate of drug-likeness (QED) is 0.674. The molecule has 0 saturated carbocycles. The Labute approximate surface area is 152 Å². The van der Waals surface area contributed by atoms with Crippen LogP contribution in [0, 0.1) is 6.92 Å². The molecule has 1 aromatic heterocycles. The first-order valence-electron chi connectivity index (χ1n) is 8.52. The standard InChI is InChI=1S/C20H21N3O3/c1-15-22-23-20(26-15)18(14-16-8-4-2-5-9-16)21-19(24)12-13-25-17-10-6-3-7-11-17/h2-11,18H,12-14H2,1H3,(H,21,24). The van der Waals surface area contributed by atoms with Crippen molar-refractivity contribution in [1.29, 1.82) is 0 Å². The summed E-state index contributed by atoms with van der Waals surface area (Å²) < 4.78 is 11.1. The highest BCUT2D eigenvalue weighted by Gasteiger charge is 2.21. The van der Waals surface area contributed by atoms with Crippen LogP contribution in [-0.4, -0.2) is 22.7 Å². The van der Waals surface area contributed by atoms with E-state index < -0.39 is 0 Å². The van der Waals surface area contributed by atoms with Gasteiger partial charge in [-0.25, -0.2) is 0 Å². The van der Waals surface area contributed by atoms with Crippen molar-refractivity contribution in [2.24, 2.45) is 0 Å². The minimum Gasteiger partial charge on any atom is -0.493 e. The van der Waals surface area contributed by atoms with E-state index in [9.17, 15) is 4.79 Å². The predicted molar refractivity (Wildman–Crippen MR) is 96.6 cm³/mol. The van der Waals surface area contributed by atoms with Crippen molar-refractivity contribution in [2.75, 3.05) is 6.61 Å². The maximum Gasteiger partial charge on any atom is 0.239 e. The van der Waals surface area contributed by atoms with Crippen molar-refractivity contribution in [3.8, 4) is 5.75 Å². The number of ether oxygens (including phenoxy) is 1. The van der Waals surface area contributed by atoms with Gasteiger partial charge in [-0.05, 0) is 17.7 Å². The van der Waals surface area contributed by atoms with Crippen molar-refractivity contribution < 1.29 is 13.9 Å². The molecule has 1 N–H and O–H groups in total. The SMILES string of the molecule is Cc1nnc(C(Cc2ccccc2)NC(=O)CCOc2ccccc2)o1. The molecule has 1 atom stereocenters. The van der Waals surface area contributed by atoms with Gasteiger partial charge >= 0.3 is 0 Å². The molecule has 134 valence electrons. The summed E-state index contributed by atoms with van der Waals surface area (Å²) in [6.07, 6.45) is 0.820. The van der Waals surface area contributed by atoms with E-state index in [-0.39, 0.29) is 18.4 Å². The Morgan fingerprint density at radius 2 is 1.77 bits per heavy atom. The summed E-state index contributed by atoms with van der Waals surface area (Å²) in [6.45, 7) is 2.03. The summed E-state index contributed by atoms with van der Waals surface area (Å²) in [7, 11) is 0. The summed E-state index contributed by atoms with van der Waals surface area (Å²) in [5, 5.41) is 10.9. The van der Waals surface area contributed by atoms with Gasteiger partial charge in [-0.1, -0.05) is 48.5 Å². The minimum absolute atomic E-state index is 0.127. The highest BCUT2D eigenvalue weighted by Crippen LogP contribution is 2.18. The number of hydrogen-bond donors (Lipinski definition) is 1. The van der Waals surface area contributed by atoms with Gasteiger partial charge in [-0.3, -0.25) is 4.79 Å². The van der Waals surface area contributed by atoms with Crippen LogP contribution in [0.4, 0.5) is 0 Å². The maximum absolute atomic E-state index is 12.3. The molecular weight excluding hydrogens is 330 g/mol. The number of hydrogen-bond acceptors (Lipinski definition) is 5. The van der Waals surface area contributed by atoms with E-state index in [0.717, 1.165) is 11.3 Å². The van der Waals surface area contributed by atoms with Crippen LogP contribution >= 0.6 is 0 Å². The van der Waals surface area contributed by atoms with Crippen LogP contribution in [0.2, 0.25) is 0 Å². The van der Waals surface area contributed by atoms with Gasteiger partial charge in [0.05, 0.1) is 13.0 Å². The molecule has 1 heterocycles. The van der Waals surface area contributed by atoms with Crippen LogP contribution in [0.25, 0.3) is 0 Å². The fourth-order valence-electron chi connectivity index (χ4n) is 2.55. The molecule has 1 amide bonds. The highest BCUT2D eigenvalue weighted by molar-refractivity contribution is 5.76. The number of para-hydroxylation sites is 1.